The summed E-state index contributed by atoms with van der Waals surface area (Å²) in [4.78, 5) is 13.0. The molecule has 3 rings (SSSR count). The van der Waals surface area contributed by atoms with Crippen LogP contribution in [-0.4, -0.2) is 8.32 Å². The van der Waals surface area contributed by atoms with E-state index in [2.05, 4.69) is 33.9 Å². The van der Waals surface area contributed by atoms with Gasteiger partial charge in [-0.05, 0) is 55.2 Å². The number of rotatable bonds is 3. The summed E-state index contributed by atoms with van der Waals surface area (Å²) in [6.07, 6.45) is 0. The standard InChI is InChI=1S/C22H28O3Si/c1-14-11-12-18-19(23)17-10-8-9-16(21(17)25-20(18)15(14)2)13-24-26(6,7)22(3,4)5/h8-12H,13H2,1-7H3. The Morgan fingerprint density at radius 1 is 1.00 bits per heavy atom. The van der Waals surface area contributed by atoms with Crippen LogP contribution in [0.1, 0.15) is 37.5 Å². The van der Waals surface area contributed by atoms with Crippen molar-refractivity contribution in [2.24, 2.45) is 0 Å². The normalized spacial score (nSPS) is 12.9. The maximum absolute atomic E-state index is 13.0. The quantitative estimate of drug-likeness (QED) is 0.415. The van der Waals surface area contributed by atoms with Crippen LogP contribution in [-0.2, 0) is 11.0 Å². The predicted octanol–water partition coefficient (Wildman–Crippen LogP) is 6.08. The molecule has 3 nitrogen and oxygen atoms in total. The third-order valence-corrected chi connectivity index (χ3v) is 10.3. The molecule has 3 aromatic rings. The summed E-state index contributed by atoms with van der Waals surface area (Å²) in [6.45, 7) is 15.6. The number of fused-ring (bicyclic) bond motifs is 2. The van der Waals surface area contributed by atoms with Crippen LogP contribution >= 0.6 is 0 Å². The molecule has 0 saturated heterocycles. The van der Waals surface area contributed by atoms with Crippen molar-refractivity contribution in [3.8, 4) is 0 Å². The molecule has 0 saturated carbocycles. The average molecular weight is 369 g/mol. The van der Waals surface area contributed by atoms with E-state index in [0.29, 0.717) is 28.5 Å². The topological polar surface area (TPSA) is 39.4 Å². The van der Waals surface area contributed by atoms with Crippen molar-refractivity contribution in [2.45, 2.75) is 59.4 Å². The summed E-state index contributed by atoms with van der Waals surface area (Å²) < 4.78 is 12.6. The van der Waals surface area contributed by atoms with Crippen LogP contribution in [0.4, 0.5) is 0 Å². The maximum Gasteiger partial charge on any atom is 0.200 e. The van der Waals surface area contributed by atoms with Crippen molar-refractivity contribution < 1.29 is 8.84 Å². The van der Waals surface area contributed by atoms with Gasteiger partial charge in [0.05, 0.1) is 17.4 Å². The summed E-state index contributed by atoms with van der Waals surface area (Å²) in [5.74, 6) is 0. The number of benzene rings is 2. The first-order valence-corrected chi connectivity index (χ1v) is 12.0. The van der Waals surface area contributed by atoms with Crippen molar-refractivity contribution >= 4 is 30.3 Å². The highest BCUT2D eigenvalue weighted by Gasteiger charge is 2.37. The van der Waals surface area contributed by atoms with Gasteiger partial charge in [0.2, 0.25) is 5.43 Å². The Bertz CT molecular complexity index is 1040. The number of aryl methyl sites for hydroxylation is 2. The van der Waals surface area contributed by atoms with Gasteiger partial charge in [-0.15, -0.1) is 0 Å². The lowest BCUT2D eigenvalue weighted by molar-refractivity contribution is 0.276. The SMILES string of the molecule is Cc1ccc2c(=O)c3cccc(CO[Si](C)(C)C(C)(C)C)c3oc2c1C. The zero-order valence-corrected chi connectivity index (χ0v) is 17.8. The second kappa shape index (κ2) is 6.36. The molecule has 4 heteroatoms. The van der Waals surface area contributed by atoms with E-state index in [4.69, 9.17) is 8.84 Å². The predicted molar refractivity (Wildman–Crippen MR) is 111 cm³/mol. The van der Waals surface area contributed by atoms with E-state index < -0.39 is 8.32 Å². The minimum absolute atomic E-state index is 0.0264. The average Bonchev–Trinajstić information content (AvgIpc) is 2.56. The smallest absolute Gasteiger partial charge is 0.200 e. The molecule has 0 aliphatic heterocycles. The van der Waals surface area contributed by atoms with Gasteiger partial charge in [0, 0.05) is 5.56 Å². The van der Waals surface area contributed by atoms with Crippen LogP contribution in [0.2, 0.25) is 18.1 Å². The molecule has 0 radical (unpaired) electrons. The monoisotopic (exact) mass is 368 g/mol. The lowest BCUT2D eigenvalue weighted by Crippen LogP contribution is -2.40. The lowest BCUT2D eigenvalue weighted by atomic mass is 10.0. The van der Waals surface area contributed by atoms with E-state index in [1.54, 1.807) is 0 Å². The molecule has 0 amide bonds. The number of hydrogen-bond donors (Lipinski definition) is 0. The highest BCUT2D eigenvalue weighted by atomic mass is 28.4. The zero-order valence-electron chi connectivity index (χ0n) is 16.8. The van der Waals surface area contributed by atoms with Gasteiger partial charge < -0.3 is 8.84 Å². The Balaban J connectivity index is 2.16. The molecule has 0 spiro atoms. The molecule has 2 aromatic carbocycles. The van der Waals surface area contributed by atoms with Crippen molar-refractivity contribution in [1.82, 2.24) is 0 Å². The molecule has 0 aliphatic rings. The minimum atomic E-state index is -1.88. The van der Waals surface area contributed by atoms with Crippen molar-refractivity contribution in [3.05, 3.63) is 57.2 Å². The molecular formula is C22H28O3Si. The van der Waals surface area contributed by atoms with Gasteiger partial charge in [-0.3, -0.25) is 4.79 Å². The second-order valence-electron chi connectivity index (χ2n) is 8.66. The molecule has 138 valence electrons. The first-order chi connectivity index (χ1) is 12.0. The molecule has 0 N–H and O–H groups in total. The van der Waals surface area contributed by atoms with E-state index >= 15 is 0 Å². The summed E-state index contributed by atoms with van der Waals surface area (Å²) in [5.41, 5.74) is 4.43. The van der Waals surface area contributed by atoms with E-state index in [1.807, 2.05) is 44.2 Å². The van der Waals surface area contributed by atoms with Gasteiger partial charge >= 0.3 is 0 Å². The van der Waals surface area contributed by atoms with Gasteiger partial charge in [-0.25, -0.2) is 0 Å². The molecule has 1 aromatic heterocycles. The Hall–Kier alpha value is -1.91. The summed E-state index contributed by atoms with van der Waals surface area (Å²) in [7, 11) is -1.88. The molecular weight excluding hydrogens is 340 g/mol. The fourth-order valence-corrected chi connectivity index (χ4v) is 3.77. The molecule has 0 fully saturated rings. The minimum Gasteiger partial charge on any atom is -0.455 e. The van der Waals surface area contributed by atoms with Gasteiger partial charge in [-0.1, -0.05) is 39.0 Å². The van der Waals surface area contributed by atoms with Crippen LogP contribution in [0.15, 0.2) is 39.5 Å². The van der Waals surface area contributed by atoms with E-state index in [9.17, 15) is 4.79 Å². The van der Waals surface area contributed by atoms with Crippen molar-refractivity contribution in [3.63, 3.8) is 0 Å². The first kappa shape index (κ1) is 18.9. The highest BCUT2D eigenvalue weighted by molar-refractivity contribution is 6.74. The van der Waals surface area contributed by atoms with E-state index in [-0.39, 0.29) is 10.5 Å². The largest absolute Gasteiger partial charge is 0.455 e. The molecule has 1 heterocycles. The Kier molecular flexibility index (Phi) is 4.61. The van der Waals surface area contributed by atoms with Crippen LogP contribution in [0, 0.1) is 13.8 Å². The van der Waals surface area contributed by atoms with Crippen molar-refractivity contribution in [1.29, 1.82) is 0 Å². The van der Waals surface area contributed by atoms with Crippen molar-refractivity contribution in [2.75, 3.05) is 0 Å². The fourth-order valence-electron chi connectivity index (χ4n) is 2.82. The van der Waals surface area contributed by atoms with E-state index in [0.717, 1.165) is 16.7 Å². The first-order valence-electron chi connectivity index (χ1n) is 9.11. The second-order valence-corrected chi connectivity index (χ2v) is 13.5. The highest BCUT2D eigenvalue weighted by Crippen LogP contribution is 2.37. The Labute approximate surface area is 156 Å². The van der Waals surface area contributed by atoms with Gasteiger partial charge in [0.25, 0.3) is 0 Å². The third kappa shape index (κ3) is 3.12. The molecule has 0 aliphatic carbocycles. The van der Waals surface area contributed by atoms with Crippen LogP contribution < -0.4 is 5.43 Å². The number of para-hydroxylation sites is 1. The molecule has 26 heavy (non-hydrogen) atoms. The lowest BCUT2D eigenvalue weighted by Gasteiger charge is -2.36. The zero-order chi connectivity index (χ0) is 19.3. The molecule has 0 atom stereocenters. The Morgan fingerprint density at radius 2 is 1.65 bits per heavy atom. The maximum atomic E-state index is 13.0. The fraction of sp³-hybridized carbons (Fsp3) is 0.409. The van der Waals surface area contributed by atoms with Crippen LogP contribution in [0.3, 0.4) is 0 Å². The summed E-state index contributed by atoms with van der Waals surface area (Å²) in [6, 6.07) is 9.59. The summed E-state index contributed by atoms with van der Waals surface area (Å²) in [5, 5.41) is 1.40. The number of hydrogen-bond acceptors (Lipinski definition) is 3. The van der Waals surface area contributed by atoms with Gasteiger partial charge in [0.15, 0.2) is 8.32 Å². The van der Waals surface area contributed by atoms with Gasteiger partial charge in [0.1, 0.15) is 11.2 Å². The van der Waals surface area contributed by atoms with Gasteiger partial charge in [-0.2, -0.15) is 0 Å². The molecule has 0 unspecified atom stereocenters. The van der Waals surface area contributed by atoms with Crippen LogP contribution in [0.5, 0.6) is 0 Å². The molecule has 0 bridgehead atoms. The van der Waals surface area contributed by atoms with E-state index in [1.165, 1.54) is 0 Å². The Morgan fingerprint density at radius 3 is 2.31 bits per heavy atom. The third-order valence-electron chi connectivity index (χ3n) is 5.86. The summed E-state index contributed by atoms with van der Waals surface area (Å²) >= 11 is 0. The van der Waals surface area contributed by atoms with Crippen LogP contribution in [0.25, 0.3) is 21.9 Å².